The van der Waals surface area contributed by atoms with E-state index < -0.39 is 6.04 Å². The zero-order valence-electron chi connectivity index (χ0n) is 19.1. The molecular formula is C22H23N9O2P2. The monoisotopic (exact) mass is 507 g/mol. The van der Waals surface area contributed by atoms with Crippen molar-refractivity contribution in [3.63, 3.8) is 0 Å². The summed E-state index contributed by atoms with van der Waals surface area (Å²) in [6.45, 7) is 2.36. The van der Waals surface area contributed by atoms with Gasteiger partial charge in [0.15, 0.2) is 0 Å². The van der Waals surface area contributed by atoms with Crippen LogP contribution >= 0.6 is 18.5 Å². The number of hydrogen-bond donors (Lipinski definition) is 1. The van der Waals surface area contributed by atoms with E-state index in [-0.39, 0.29) is 23.1 Å². The molecule has 13 heteroatoms. The van der Waals surface area contributed by atoms with Gasteiger partial charge in [0.1, 0.15) is 11.7 Å². The Bertz CT molecular complexity index is 1540. The maximum Gasteiger partial charge on any atom is 0.312 e. The van der Waals surface area contributed by atoms with Crippen LogP contribution in [-0.2, 0) is 13.5 Å². The average Bonchev–Trinajstić information content (AvgIpc) is 3.63. The first-order chi connectivity index (χ1) is 16.9. The normalized spacial score (nSPS) is 15.8. The van der Waals surface area contributed by atoms with Crippen LogP contribution in [0, 0.1) is 6.92 Å². The number of imidazole rings is 1. The third kappa shape index (κ3) is 3.58. The van der Waals surface area contributed by atoms with Crippen molar-refractivity contribution in [3.05, 3.63) is 71.0 Å². The zero-order chi connectivity index (χ0) is 24.3. The molecule has 0 saturated heterocycles. The summed E-state index contributed by atoms with van der Waals surface area (Å²) >= 11 is 0. The molecule has 2 unspecified atom stereocenters. The number of hydrogen-bond acceptors (Lipinski definition) is 7. The van der Waals surface area contributed by atoms with Crippen molar-refractivity contribution in [2.75, 3.05) is 6.54 Å². The van der Waals surface area contributed by atoms with Crippen LogP contribution in [0.4, 0.5) is 0 Å². The third-order valence-corrected chi connectivity index (χ3v) is 6.96. The van der Waals surface area contributed by atoms with Crippen molar-refractivity contribution < 1.29 is 9.21 Å². The van der Waals surface area contributed by atoms with Crippen LogP contribution in [0.5, 0.6) is 0 Å². The van der Waals surface area contributed by atoms with Crippen LogP contribution in [0.3, 0.4) is 0 Å². The first-order valence-corrected chi connectivity index (χ1v) is 12.4. The van der Waals surface area contributed by atoms with Crippen molar-refractivity contribution >= 4 is 29.9 Å². The molecule has 1 aliphatic rings. The Labute approximate surface area is 204 Å². The average molecular weight is 507 g/mol. The predicted molar refractivity (Wildman–Crippen MR) is 134 cm³/mol. The Balaban J connectivity index is 1.42. The van der Waals surface area contributed by atoms with Gasteiger partial charge in [0.25, 0.3) is 5.89 Å². The zero-order valence-corrected chi connectivity index (χ0v) is 21.4. The van der Waals surface area contributed by atoms with Gasteiger partial charge in [-0.3, -0.25) is 9.48 Å². The number of pyridine rings is 1. The van der Waals surface area contributed by atoms with Crippen LogP contribution in [0.2, 0.25) is 0 Å². The van der Waals surface area contributed by atoms with E-state index in [0.717, 1.165) is 33.9 Å². The molecule has 6 rings (SSSR count). The predicted octanol–water partition coefficient (Wildman–Crippen LogP) is 2.69. The molecular weight excluding hydrogens is 484 g/mol. The number of carbonyl (C=O) groups is 1. The fourth-order valence-electron chi connectivity index (χ4n) is 4.62. The minimum atomic E-state index is -0.494. The topological polar surface area (TPSA) is 123 Å². The first-order valence-electron chi connectivity index (χ1n) is 11.1. The lowest BCUT2D eigenvalue weighted by Gasteiger charge is -2.32. The molecule has 0 aliphatic carbocycles. The highest BCUT2D eigenvalue weighted by molar-refractivity contribution is 7.37. The Morgan fingerprint density at radius 1 is 1.29 bits per heavy atom. The Morgan fingerprint density at radius 2 is 2.14 bits per heavy atom. The minimum Gasteiger partial charge on any atom is -0.411 e. The van der Waals surface area contributed by atoms with E-state index in [1.165, 1.54) is 0 Å². The molecule has 0 spiro atoms. The number of amides is 1. The second kappa shape index (κ2) is 8.36. The van der Waals surface area contributed by atoms with Crippen LogP contribution in [0.1, 0.15) is 50.5 Å². The van der Waals surface area contributed by atoms with Gasteiger partial charge in [-0.2, -0.15) is 10.2 Å². The number of rotatable bonds is 4. The van der Waals surface area contributed by atoms with E-state index in [1.807, 2.05) is 35.7 Å². The smallest absolute Gasteiger partial charge is 0.312 e. The molecule has 5 aromatic heterocycles. The van der Waals surface area contributed by atoms with Crippen LogP contribution < -0.4 is 0 Å². The molecule has 1 aliphatic heterocycles. The van der Waals surface area contributed by atoms with Crippen molar-refractivity contribution in [2.45, 2.75) is 24.8 Å². The minimum absolute atomic E-state index is 0.0796. The number of H-pyrrole nitrogens is 1. The largest absolute Gasteiger partial charge is 0.411 e. The summed E-state index contributed by atoms with van der Waals surface area (Å²) in [5, 5.41) is 17.4. The molecule has 0 bridgehead atoms. The molecule has 35 heavy (non-hydrogen) atoms. The van der Waals surface area contributed by atoms with Crippen LogP contribution in [0.15, 0.2) is 41.2 Å². The third-order valence-electron chi connectivity index (χ3n) is 6.27. The Morgan fingerprint density at radius 3 is 2.91 bits per heavy atom. The van der Waals surface area contributed by atoms with Crippen LogP contribution in [-0.4, -0.2) is 56.9 Å². The summed E-state index contributed by atoms with van der Waals surface area (Å²) in [5.41, 5.74) is 6.00. The van der Waals surface area contributed by atoms with E-state index in [9.17, 15) is 4.79 Å². The summed E-state index contributed by atoms with van der Waals surface area (Å²) in [7, 11) is 7.33. The SMILES string of the molecule is Cc1cnn(C)c1-c1nnc(C(=O)N2CCc3[nH]cnc3[C@H]2c2cc3cccc(C(P)P)n3n2)o1. The number of fused-ring (bicyclic) bond motifs is 2. The fourth-order valence-corrected chi connectivity index (χ4v) is 5.12. The van der Waals surface area contributed by atoms with Gasteiger partial charge in [0.2, 0.25) is 0 Å². The van der Waals surface area contributed by atoms with Gasteiger partial charge in [-0.1, -0.05) is 6.07 Å². The van der Waals surface area contributed by atoms with E-state index in [2.05, 4.69) is 43.7 Å². The lowest BCUT2D eigenvalue weighted by atomic mass is 9.99. The quantitative estimate of drug-likeness (QED) is 0.371. The highest BCUT2D eigenvalue weighted by atomic mass is 31.1. The summed E-state index contributed by atoms with van der Waals surface area (Å²) in [6.07, 6.45) is 4.01. The molecule has 1 N–H and O–H groups in total. The summed E-state index contributed by atoms with van der Waals surface area (Å²) in [4.78, 5) is 23.1. The van der Waals surface area contributed by atoms with Crippen LogP contribution in [0.25, 0.3) is 17.1 Å². The van der Waals surface area contributed by atoms with Gasteiger partial charge in [0.05, 0.1) is 35.1 Å². The van der Waals surface area contributed by atoms with Gasteiger partial charge in [-0.25, -0.2) is 9.50 Å². The molecule has 0 saturated carbocycles. The molecule has 3 atom stereocenters. The first kappa shape index (κ1) is 22.1. The second-order valence-electron chi connectivity index (χ2n) is 8.51. The van der Waals surface area contributed by atoms with Crippen molar-refractivity contribution in [2.24, 2.45) is 7.05 Å². The number of nitrogens with one attached hydrogen (secondary N) is 1. The van der Waals surface area contributed by atoms with Crippen molar-refractivity contribution in [1.29, 1.82) is 0 Å². The van der Waals surface area contributed by atoms with E-state index >= 15 is 0 Å². The van der Waals surface area contributed by atoms with E-state index in [1.54, 1.807) is 29.2 Å². The number of nitrogens with zero attached hydrogens (tertiary/aromatic N) is 8. The molecule has 178 valence electrons. The lowest BCUT2D eigenvalue weighted by Crippen LogP contribution is -2.41. The standard InChI is InChI=1S/C22H23N9O2P2/c1-11-9-25-29(2)17(11)19-26-27-20(33-19)21(32)30-7-6-13-16(24-10-23-13)18(30)14-8-12-4-3-5-15(22(34)35)31(12)28-14/h3-5,8-10,18,22H,6-7,34-35H2,1-2H3,(H,23,24)/t18-/m1/s1. The molecule has 0 aromatic carbocycles. The molecule has 11 nitrogen and oxygen atoms in total. The maximum absolute atomic E-state index is 13.7. The lowest BCUT2D eigenvalue weighted by molar-refractivity contribution is 0.0646. The molecule has 1 amide bonds. The van der Waals surface area contributed by atoms with E-state index in [4.69, 9.17) is 9.52 Å². The molecule has 6 heterocycles. The second-order valence-corrected chi connectivity index (χ2v) is 10.7. The van der Waals surface area contributed by atoms with Gasteiger partial charge in [0, 0.05) is 31.1 Å². The number of carbonyl (C=O) groups excluding carboxylic acids is 1. The van der Waals surface area contributed by atoms with E-state index in [0.29, 0.717) is 18.7 Å². The Hall–Kier alpha value is -3.42. The number of aromatic nitrogens is 8. The molecule has 5 aromatic rings. The molecule has 0 radical (unpaired) electrons. The Kier molecular flexibility index (Phi) is 5.27. The summed E-state index contributed by atoms with van der Waals surface area (Å²) < 4.78 is 9.39. The van der Waals surface area contributed by atoms with Crippen molar-refractivity contribution in [3.8, 4) is 11.6 Å². The maximum atomic E-state index is 13.7. The van der Waals surface area contributed by atoms with Gasteiger partial charge >= 0.3 is 11.8 Å². The van der Waals surface area contributed by atoms with Gasteiger partial charge in [-0.05, 0) is 30.7 Å². The highest BCUT2D eigenvalue weighted by Crippen LogP contribution is 2.36. The van der Waals surface area contributed by atoms with Gasteiger partial charge in [-0.15, -0.1) is 28.7 Å². The van der Waals surface area contributed by atoms with Gasteiger partial charge < -0.3 is 14.3 Å². The molecule has 0 fully saturated rings. The fraction of sp³-hybridized carbons (Fsp3) is 0.273. The summed E-state index contributed by atoms with van der Waals surface area (Å²) in [5.74, 6) is -0.192. The summed E-state index contributed by atoms with van der Waals surface area (Å²) in [6, 6.07) is 7.53. The number of aromatic amines is 1. The highest BCUT2D eigenvalue weighted by Gasteiger charge is 2.38. The van der Waals surface area contributed by atoms with Crippen molar-refractivity contribution in [1.82, 2.24) is 44.5 Å². The number of aryl methyl sites for hydroxylation is 2.